The molecule has 0 saturated carbocycles. The van der Waals surface area contributed by atoms with Gasteiger partial charge in [0.15, 0.2) is 5.84 Å². The van der Waals surface area contributed by atoms with Crippen LogP contribution in [0.1, 0.15) is 5.56 Å². The van der Waals surface area contributed by atoms with Crippen molar-refractivity contribution < 1.29 is 4.84 Å². The highest BCUT2D eigenvalue weighted by Crippen LogP contribution is 2.02. The lowest BCUT2D eigenvalue weighted by Crippen LogP contribution is -1.95. The molecule has 0 saturated heterocycles. The van der Waals surface area contributed by atoms with Gasteiger partial charge in [0.1, 0.15) is 7.11 Å². The Hall–Kier alpha value is -2.00. The maximum atomic E-state index is 8.25. The fraction of sp³-hybridized carbons (Fsp3) is 0.125. The Kier molecular flexibility index (Phi) is 3.35. The zero-order chi connectivity index (χ0) is 9.52. The van der Waals surface area contributed by atoms with Gasteiger partial charge in [0, 0.05) is 10.5 Å². The van der Waals surface area contributed by atoms with Crippen molar-refractivity contribution in [3.63, 3.8) is 0 Å². The lowest BCUT2D eigenvalue weighted by Gasteiger charge is -1.97. The molecule has 0 aromatic heterocycles. The molecule has 0 unspecified atom stereocenters. The third-order valence-electron chi connectivity index (χ3n) is 1.35. The van der Waals surface area contributed by atoms with Crippen molar-refractivity contribution >= 4 is 5.84 Å². The average Bonchev–Trinajstić information content (AvgIpc) is 2.19. The largest absolute Gasteiger partial charge is 0.399 e. The molecular weight excluding hydrogens is 168 g/mol. The van der Waals surface area contributed by atoms with Gasteiger partial charge in [-0.25, -0.2) is 0 Å². The van der Waals surface area contributed by atoms with Gasteiger partial charge in [-0.2, -0.15) is 0 Å². The van der Waals surface area contributed by atoms with Gasteiger partial charge in [-0.1, -0.05) is 35.5 Å². The van der Waals surface area contributed by atoms with E-state index in [9.17, 15) is 0 Å². The second kappa shape index (κ2) is 4.79. The Bertz CT molecular complexity index is 340. The fourth-order valence-electron chi connectivity index (χ4n) is 0.845. The zero-order valence-corrected chi connectivity index (χ0v) is 7.08. The van der Waals surface area contributed by atoms with E-state index < -0.39 is 0 Å². The third kappa shape index (κ3) is 2.50. The Balaban J connectivity index is 3.03. The smallest absolute Gasteiger partial charge is 0.173 e. The van der Waals surface area contributed by atoms with Crippen molar-refractivity contribution in [1.29, 1.82) is 0 Å². The molecule has 1 aromatic rings. The Morgan fingerprint density at radius 1 is 1.38 bits per heavy atom. The van der Waals surface area contributed by atoms with Crippen molar-refractivity contribution in [3.05, 3.63) is 46.3 Å². The molecule has 0 heterocycles. The molecule has 0 aliphatic heterocycles. The van der Waals surface area contributed by atoms with Gasteiger partial charge in [0.2, 0.25) is 0 Å². The summed E-state index contributed by atoms with van der Waals surface area (Å²) in [5.74, 6) is 0.227. The minimum absolute atomic E-state index is 0.227. The van der Waals surface area contributed by atoms with E-state index in [1.165, 1.54) is 7.11 Å². The molecule has 0 radical (unpaired) electrons. The first-order valence-electron chi connectivity index (χ1n) is 3.60. The number of azide groups is 1. The van der Waals surface area contributed by atoms with Crippen molar-refractivity contribution in [1.82, 2.24) is 0 Å². The molecule has 1 aromatic carbocycles. The first-order chi connectivity index (χ1) is 6.38. The van der Waals surface area contributed by atoms with Gasteiger partial charge in [-0.3, -0.25) is 0 Å². The van der Waals surface area contributed by atoms with E-state index in [1.54, 1.807) is 12.1 Å². The molecule has 5 nitrogen and oxygen atoms in total. The predicted octanol–water partition coefficient (Wildman–Crippen LogP) is 2.30. The van der Waals surface area contributed by atoms with Crippen LogP contribution >= 0.6 is 0 Å². The highest BCUT2D eigenvalue weighted by molar-refractivity contribution is 5.98. The van der Waals surface area contributed by atoms with Crippen LogP contribution in [0, 0.1) is 0 Å². The summed E-state index contributed by atoms with van der Waals surface area (Å²) in [4.78, 5) is 7.18. The molecular formula is C8H8N4O. The normalized spacial score (nSPS) is 10.4. The van der Waals surface area contributed by atoms with Crippen LogP contribution in [0.25, 0.3) is 10.4 Å². The second-order valence-corrected chi connectivity index (χ2v) is 2.15. The SMILES string of the molecule is CO/N=C(\N=[N+]=[N-])c1ccccc1. The van der Waals surface area contributed by atoms with Gasteiger partial charge < -0.3 is 4.84 Å². The van der Waals surface area contributed by atoms with Crippen LogP contribution in [0.2, 0.25) is 0 Å². The predicted molar refractivity (Wildman–Crippen MR) is 49.1 cm³/mol. The fourth-order valence-corrected chi connectivity index (χ4v) is 0.845. The number of hydrogen-bond acceptors (Lipinski definition) is 2. The maximum absolute atomic E-state index is 8.25. The second-order valence-electron chi connectivity index (χ2n) is 2.15. The van der Waals surface area contributed by atoms with E-state index >= 15 is 0 Å². The van der Waals surface area contributed by atoms with Crippen LogP contribution in [-0.4, -0.2) is 12.9 Å². The van der Waals surface area contributed by atoms with E-state index in [-0.39, 0.29) is 5.84 Å². The number of rotatable bonds is 2. The highest BCUT2D eigenvalue weighted by atomic mass is 16.6. The standard InChI is InChI=1S/C8H8N4O/c1-13-11-8(10-12-9)7-5-3-2-4-6-7/h2-6H,1H3/b11-8-. The van der Waals surface area contributed by atoms with E-state index in [0.29, 0.717) is 0 Å². The molecule has 66 valence electrons. The van der Waals surface area contributed by atoms with Crippen molar-refractivity contribution in [2.75, 3.05) is 7.11 Å². The molecule has 0 amide bonds. The van der Waals surface area contributed by atoms with Crippen LogP contribution < -0.4 is 0 Å². The number of benzene rings is 1. The molecule has 0 atom stereocenters. The number of amidine groups is 1. The lowest BCUT2D eigenvalue weighted by molar-refractivity contribution is 0.213. The molecule has 0 fully saturated rings. The topological polar surface area (TPSA) is 70.4 Å². The summed E-state index contributed by atoms with van der Waals surface area (Å²) in [6.45, 7) is 0. The Labute approximate surface area is 75.3 Å². The summed E-state index contributed by atoms with van der Waals surface area (Å²) < 4.78 is 0. The van der Waals surface area contributed by atoms with E-state index in [0.717, 1.165) is 5.56 Å². The molecule has 1 rings (SSSR count). The minimum atomic E-state index is 0.227. The first-order valence-corrected chi connectivity index (χ1v) is 3.60. The molecule has 0 spiro atoms. The van der Waals surface area contributed by atoms with Crippen molar-refractivity contribution in [2.45, 2.75) is 0 Å². The summed E-state index contributed by atoms with van der Waals surface area (Å²) in [6.07, 6.45) is 0. The highest BCUT2D eigenvalue weighted by Gasteiger charge is 1.99. The van der Waals surface area contributed by atoms with E-state index in [4.69, 9.17) is 5.53 Å². The monoisotopic (exact) mass is 176 g/mol. The van der Waals surface area contributed by atoms with Crippen LogP contribution in [0.15, 0.2) is 40.6 Å². The first kappa shape index (κ1) is 9.09. The van der Waals surface area contributed by atoms with Gasteiger partial charge in [-0.15, -0.1) is 0 Å². The molecule has 13 heavy (non-hydrogen) atoms. The summed E-state index contributed by atoms with van der Waals surface area (Å²) in [6, 6.07) is 9.09. The van der Waals surface area contributed by atoms with Crippen LogP contribution in [0.3, 0.4) is 0 Å². The quantitative estimate of drug-likeness (QED) is 0.170. The molecule has 0 N–H and O–H groups in total. The third-order valence-corrected chi connectivity index (χ3v) is 1.35. The van der Waals surface area contributed by atoms with E-state index in [2.05, 4.69) is 20.0 Å². The van der Waals surface area contributed by atoms with Crippen LogP contribution in [0.4, 0.5) is 0 Å². The summed E-state index contributed by atoms with van der Waals surface area (Å²) in [5, 5.41) is 6.97. The van der Waals surface area contributed by atoms with Crippen molar-refractivity contribution in [2.24, 2.45) is 10.3 Å². The van der Waals surface area contributed by atoms with E-state index in [1.807, 2.05) is 18.2 Å². The molecule has 0 aliphatic rings. The average molecular weight is 176 g/mol. The van der Waals surface area contributed by atoms with Crippen molar-refractivity contribution in [3.8, 4) is 0 Å². The van der Waals surface area contributed by atoms with Gasteiger partial charge in [-0.05, 0) is 10.6 Å². The van der Waals surface area contributed by atoms with Gasteiger partial charge >= 0.3 is 0 Å². The van der Waals surface area contributed by atoms with Crippen LogP contribution in [-0.2, 0) is 4.84 Å². The van der Waals surface area contributed by atoms with Gasteiger partial charge in [0.05, 0.1) is 0 Å². The number of nitrogens with zero attached hydrogens (tertiary/aromatic N) is 4. The van der Waals surface area contributed by atoms with Crippen LogP contribution in [0.5, 0.6) is 0 Å². The molecule has 0 aliphatic carbocycles. The Morgan fingerprint density at radius 3 is 2.62 bits per heavy atom. The lowest BCUT2D eigenvalue weighted by atomic mass is 10.2. The Morgan fingerprint density at radius 2 is 2.08 bits per heavy atom. The summed E-state index contributed by atoms with van der Waals surface area (Å²) in [7, 11) is 1.40. The summed E-state index contributed by atoms with van der Waals surface area (Å²) in [5.41, 5.74) is 8.97. The maximum Gasteiger partial charge on any atom is 0.173 e. The number of hydrogen-bond donors (Lipinski definition) is 0. The van der Waals surface area contributed by atoms with Gasteiger partial charge in [0.25, 0.3) is 0 Å². The zero-order valence-electron chi connectivity index (χ0n) is 7.08. The summed E-state index contributed by atoms with van der Waals surface area (Å²) >= 11 is 0. The molecule has 5 heteroatoms. The molecule has 0 bridgehead atoms. The number of oxime groups is 1. The minimum Gasteiger partial charge on any atom is -0.399 e.